The van der Waals surface area contributed by atoms with Crippen molar-refractivity contribution in [2.24, 2.45) is 5.92 Å². The van der Waals surface area contributed by atoms with Crippen LogP contribution in [-0.2, 0) is 4.79 Å². The van der Waals surface area contributed by atoms with Crippen LogP contribution in [0.15, 0.2) is 30.3 Å². The molecule has 94 valence electrons. The SMILES string of the molecule is CC(C)C(O)C(C)(Cl)C(=O)Oc1ccccc1. The fourth-order valence-electron chi connectivity index (χ4n) is 1.44. The minimum absolute atomic E-state index is 0.124. The van der Waals surface area contributed by atoms with Gasteiger partial charge in [-0.15, -0.1) is 11.6 Å². The molecule has 0 spiro atoms. The van der Waals surface area contributed by atoms with Gasteiger partial charge in [-0.3, -0.25) is 0 Å². The minimum atomic E-state index is -1.44. The van der Waals surface area contributed by atoms with Crippen molar-refractivity contribution in [3.05, 3.63) is 30.3 Å². The second-order valence-electron chi connectivity index (χ2n) is 4.47. The molecule has 3 nitrogen and oxygen atoms in total. The number of para-hydroxylation sites is 1. The van der Waals surface area contributed by atoms with Crippen molar-refractivity contribution in [1.82, 2.24) is 0 Å². The van der Waals surface area contributed by atoms with Crippen LogP contribution in [0.2, 0.25) is 0 Å². The summed E-state index contributed by atoms with van der Waals surface area (Å²) in [4.78, 5) is 10.4. The quantitative estimate of drug-likeness (QED) is 0.512. The lowest BCUT2D eigenvalue weighted by Gasteiger charge is -2.28. The van der Waals surface area contributed by atoms with Crippen molar-refractivity contribution in [2.45, 2.75) is 31.7 Å². The molecule has 0 saturated heterocycles. The molecule has 1 rings (SSSR count). The van der Waals surface area contributed by atoms with Gasteiger partial charge >= 0.3 is 5.97 Å². The van der Waals surface area contributed by atoms with E-state index in [1.54, 1.807) is 38.1 Å². The van der Waals surface area contributed by atoms with Gasteiger partial charge in [0.05, 0.1) is 6.10 Å². The second-order valence-corrected chi connectivity index (χ2v) is 5.25. The van der Waals surface area contributed by atoms with Crippen molar-refractivity contribution in [3.63, 3.8) is 0 Å². The van der Waals surface area contributed by atoms with Gasteiger partial charge in [0.15, 0.2) is 4.87 Å². The monoisotopic (exact) mass is 256 g/mol. The van der Waals surface area contributed by atoms with Crippen molar-refractivity contribution >= 4 is 17.6 Å². The number of ether oxygens (including phenoxy) is 1. The average molecular weight is 257 g/mol. The Hall–Kier alpha value is -1.06. The number of esters is 1. The van der Waals surface area contributed by atoms with Gasteiger partial charge in [-0.1, -0.05) is 32.0 Å². The van der Waals surface area contributed by atoms with E-state index in [1.807, 2.05) is 6.07 Å². The summed E-state index contributed by atoms with van der Waals surface area (Å²) in [6.45, 7) is 5.05. The van der Waals surface area contributed by atoms with Gasteiger partial charge in [0.1, 0.15) is 5.75 Å². The van der Waals surface area contributed by atoms with Crippen LogP contribution in [0.4, 0.5) is 0 Å². The predicted molar refractivity (Wildman–Crippen MR) is 67.2 cm³/mol. The standard InChI is InChI=1S/C13H17ClO3/c1-9(2)11(15)13(3,14)12(16)17-10-7-5-4-6-8-10/h4-9,11,15H,1-3H3. The van der Waals surface area contributed by atoms with Crippen LogP contribution < -0.4 is 4.74 Å². The Kier molecular flexibility index (Phi) is 4.54. The maximum Gasteiger partial charge on any atom is 0.335 e. The zero-order valence-corrected chi connectivity index (χ0v) is 10.9. The van der Waals surface area contributed by atoms with E-state index in [-0.39, 0.29) is 5.92 Å². The molecule has 4 heteroatoms. The Labute approximate surface area is 106 Å². The highest BCUT2D eigenvalue weighted by Gasteiger charge is 2.42. The van der Waals surface area contributed by atoms with E-state index in [4.69, 9.17) is 16.3 Å². The van der Waals surface area contributed by atoms with Gasteiger partial charge in [-0.2, -0.15) is 0 Å². The summed E-state index contributed by atoms with van der Waals surface area (Å²) in [5.41, 5.74) is 0. The number of carbonyl (C=O) groups is 1. The highest BCUT2D eigenvalue weighted by molar-refractivity contribution is 6.34. The topological polar surface area (TPSA) is 46.5 Å². The molecule has 0 heterocycles. The van der Waals surface area contributed by atoms with Crippen LogP contribution in [0.3, 0.4) is 0 Å². The van der Waals surface area contributed by atoms with Gasteiger partial charge < -0.3 is 9.84 Å². The number of carbonyl (C=O) groups excluding carboxylic acids is 1. The molecular weight excluding hydrogens is 240 g/mol. The molecule has 2 atom stereocenters. The van der Waals surface area contributed by atoms with E-state index in [0.29, 0.717) is 5.75 Å². The molecule has 0 aromatic heterocycles. The molecule has 1 aromatic carbocycles. The first-order valence-corrected chi connectivity index (χ1v) is 5.87. The van der Waals surface area contributed by atoms with Crippen molar-refractivity contribution in [3.8, 4) is 5.75 Å². The number of benzene rings is 1. The largest absolute Gasteiger partial charge is 0.425 e. The first kappa shape index (κ1) is 14.0. The summed E-state index contributed by atoms with van der Waals surface area (Å²) in [6, 6.07) is 8.65. The second kappa shape index (κ2) is 5.52. The summed E-state index contributed by atoms with van der Waals surface area (Å²) in [6.07, 6.45) is -0.958. The van der Waals surface area contributed by atoms with Gasteiger partial charge in [0.2, 0.25) is 0 Å². The molecule has 17 heavy (non-hydrogen) atoms. The highest BCUT2D eigenvalue weighted by Crippen LogP contribution is 2.27. The average Bonchev–Trinajstić information content (AvgIpc) is 2.29. The van der Waals surface area contributed by atoms with Gasteiger partial charge in [0, 0.05) is 0 Å². The Morgan fingerprint density at radius 1 is 1.35 bits per heavy atom. The number of aliphatic hydroxyl groups excluding tert-OH is 1. The molecule has 0 aliphatic heterocycles. The Bertz CT molecular complexity index is 374. The first-order valence-electron chi connectivity index (χ1n) is 5.50. The lowest BCUT2D eigenvalue weighted by Crippen LogP contribution is -2.46. The molecule has 0 aliphatic carbocycles. The molecule has 0 saturated carbocycles. The number of hydrogen-bond acceptors (Lipinski definition) is 3. The van der Waals surface area contributed by atoms with E-state index >= 15 is 0 Å². The molecule has 0 radical (unpaired) electrons. The third-order valence-corrected chi connectivity index (χ3v) is 2.92. The van der Waals surface area contributed by atoms with Crippen molar-refractivity contribution in [1.29, 1.82) is 0 Å². The van der Waals surface area contributed by atoms with Gasteiger partial charge in [-0.25, -0.2) is 4.79 Å². The normalized spacial score (nSPS) is 16.4. The summed E-state index contributed by atoms with van der Waals surface area (Å²) in [5, 5.41) is 9.87. The number of hydrogen-bond donors (Lipinski definition) is 1. The summed E-state index contributed by atoms with van der Waals surface area (Å²) >= 11 is 6.06. The van der Waals surface area contributed by atoms with E-state index in [1.165, 1.54) is 6.92 Å². The Morgan fingerprint density at radius 2 is 1.88 bits per heavy atom. The van der Waals surface area contributed by atoms with Crippen LogP contribution in [0.1, 0.15) is 20.8 Å². The molecule has 2 unspecified atom stereocenters. The highest BCUT2D eigenvalue weighted by atomic mass is 35.5. The third kappa shape index (κ3) is 3.45. The summed E-state index contributed by atoms with van der Waals surface area (Å²) < 4.78 is 5.12. The molecule has 1 N–H and O–H groups in total. The molecule has 0 fully saturated rings. The molecular formula is C13H17ClO3. The van der Waals surface area contributed by atoms with Gasteiger partial charge in [0.25, 0.3) is 0 Å². The Morgan fingerprint density at radius 3 is 2.35 bits per heavy atom. The predicted octanol–water partition coefficient (Wildman–Crippen LogP) is 2.61. The third-order valence-electron chi connectivity index (χ3n) is 2.54. The van der Waals surface area contributed by atoms with Crippen molar-refractivity contribution in [2.75, 3.05) is 0 Å². The minimum Gasteiger partial charge on any atom is -0.425 e. The maximum absolute atomic E-state index is 11.9. The zero-order valence-electron chi connectivity index (χ0n) is 10.2. The fourth-order valence-corrected chi connectivity index (χ4v) is 1.73. The summed E-state index contributed by atoms with van der Waals surface area (Å²) in [5.74, 6) is -0.354. The van der Waals surface area contributed by atoms with Crippen LogP contribution in [0.25, 0.3) is 0 Å². The van der Waals surface area contributed by atoms with Crippen LogP contribution in [0, 0.1) is 5.92 Å². The fraction of sp³-hybridized carbons (Fsp3) is 0.462. The van der Waals surface area contributed by atoms with Crippen LogP contribution in [0.5, 0.6) is 5.75 Å². The van der Waals surface area contributed by atoms with Gasteiger partial charge in [-0.05, 0) is 25.0 Å². The number of rotatable bonds is 4. The first-order chi connectivity index (χ1) is 7.85. The van der Waals surface area contributed by atoms with Crippen LogP contribution >= 0.6 is 11.6 Å². The number of aliphatic hydroxyl groups is 1. The number of halogens is 1. The van der Waals surface area contributed by atoms with E-state index < -0.39 is 16.9 Å². The lowest BCUT2D eigenvalue weighted by molar-refractivity contribution is -0.141. The zero-order chi connectivity index (χ0) is 13.1. The van der Waals surface area contributed by atoms with Crippen LogP contribution in [-0.4, -0.2) is 22.1 Å². The molecule has 0 amide bonds. The van der Waals surface area contributed by atoms with Crippen molar-refractivity contribution < 1.29 is 14.6 Å². The molecule has 0 bridgehead atoms. The maximum atomic E-state index is 11.9. The molecule has 1 aromatic rings. The smallest absolute Gasteiger partial charge is 0.335 e. The lowest BCUT2D eigenvalue weighted by atomic mass is 9.94. The number of alkyl halides is 1. The summed E-state index contributed by atoms with van der Waals surface area (Å²) in [7, 11) is 0. The van der Waals surface area contributed by atoms with E-state index in [0.717, 1.165) is 0 Å². The van der Waals surface area contributed by atoms with E-state index in [9.17, 15) is 9.90 Å². The van der Waals surface area contributed by atoms with E-state index in [2.05, 4.69) is 0 Å². The Balaban J connectivity index is 2.76. The molecule has 0 aliphatic rings.